The molecule has 1 aromatic rings. The number of nitrogens with two attached hydrogens (primary N) is 1. The Morgan fingerprint density at radius 1 is 1.21 bits per heavy atom. The van der Waals surface area contributed by atoms with E-state index < -0.39 is 0 Å². The van der Waals surface area contributed by atoms with Gasteiger partial charge in [0.15, 0.2) is 0 Å². The molecule has 0 amide bonds. The topological polar surface area (TPSA) is 29.3 Å². The van der Waals surface area contributed by atoms with Gasteiger partial charge in [0, 0.05) is 13.1 Å². The highest BCUT2D eigenvalue weighted by Crippen LogP contribution is 2.28. The molecule has 0 bridgehead atoms. The van der Waals surface area contributed by atoms with Crippen LogP contribution in [0.4, 0.5) is 4.39 Å². The monoisotopic (exact) mass is 264 g/mol. The Bertz CT molecular complexity index is 386. The molecule has 0 heterocycles. The first-order valence-electron chi connectivity index (χ1n) is 7.30. The van der Waals surface area contributed by atoms with Gasteiger partial charge in [0.25, 0.3) is 0 Å². The molecule has 2 N–H and O–H groups in total. The summed E-state index contributed by atoms with van der Waals surface area (Å²) < 4.78 is 13.1. The van der Waals surface area contributed by atoms with Crippen LogP contribution in [0, 0.1) is 17.7 Å². The van der Waals surface area contributed by atoms with Gasteiger partial charge < -0.3 is 10.6 Å². The van der Waals surface area contributed by atoms with E-state index >= 15 is 0 Å². The lowest BCUT2D eigenvalue weighted by Gasteiger charge is -2.30. The van der Waals surface area contributed by atoms with E-state index in [2.05, 4.69) is 11.9 Å². The summed E-state index contributed by atoms with van der Waals surface area (Å²) in [4.78, 5) is 2.31. The smallest absolute Gasteiger partial charge is 0.123 e. The highest BCUT2D eigenvalue weighted by atomic mass is 19.1. The van der Waals surface area contributed by atoms with Crippen molar-refractivity contribution in [3.8, 4) is 0 Å². The van der Waals surface area contributed by atoms with E-state index in [9.17, 15) is 4.39 Å². The number of halogens is 1. The van der Waals surface area contributed by atoms with Crippen LogP contribution in [0.15, 0.2) is 24.3 Å². The van der Waals surface area contributed by atoms with E-state index in [0.717, 1.165) is 37.0 Å². The van der Waals surface area contributed by atoms with E-state index in [4.69, 9.17) is 5.73 Å². The van der Waals surface area contributed by atoms with Crippen molar-refractivity contribution in [1.29, 1.82) is 0 Å². The third kappa shape index (κ3) is 4.59. The second-order valence-electron chi connectivity index (χ2n) is 5.95. The third-order valence-corrected chi connectivity index (χ3v) is 4.21. The molecule has 0 radical (unpaired) electrons. The van der Waals surface area contributed by atoms with E-state index in [0.29, 0.717) is 0 Å². The van der Waals surface area contributed by atoms with Gasteiger partial charge in [-0.25, -0.2) is 4.39 Å². The molecule has 0 saturated heterocycles. The minimum absolute atomic E-state index is 0.144. The molecule has 106 valence electrons. The fourth-order valence-electron chi connectivity index (χ4n) is 3.10. The predicted octanol–water partition coefficient (Wildman–Crippen LogP) is 3.02. The van der Waals surface area contributed by atoms with Crippen LogP contribution in [-0.4, -0.2) is 25.0 Å². The molecule has 0 spiro atoms. The summed E-state index contributed by atoms with van der Waals surface area (Å²) in [6.45, 7) is 2.77. The molecule has 1 fully saturated rings. The lowest BCUT2D eigenvalue weighted by Crippen LogP contribution is -2.29. The van der Waals surface area contributed by atoms with Crippen molar-refractivity contribution < 1.29 is 4.39 Å². The van der Waals surface area contributed by atoms with Crippen LogP contribution in [0.2, 0.25) is 0 Å². The van der Waals surface area contributed by atoms with Crippen LogP contribution < -0.4 is 5.73 Å². The highest BCUT2D eigenvalue weighted by Gasteiger charge is 2.21. The molecular formula is C16H25FN2. The molecule has 2 nitrogen and oxygen atoms in total. The molecule has 0 atom stereocenters. The number of hydrogen-bond donors (Lipinski definition) is 1. The summed E-state index contributed by atoms with van der Waals surface area (Å²) in [5.74, 6) is 1.38. The Morgan fingerprint density at radius 2 is 1.89 bits per heavy atom. The zero-order valence-electron chi connectivity index (χ0n) is 11.8. The minimum Gasteiger partial charge on any atom is -0.330 e. The normalized spacial score (nSPS) is 23.8. The third-order valence-electron chi connectivity index (χ3n) is 4.21. The van der Waals surface area contributed by atoms with E-state index in [-0.39, 0.29) is 5.82 Å². The molecule has 19 heavy (non-hydrogen) atoms. The Balaban J connectivity index is 1.77. The molecule has 1 saturated carbocycles. The molecular weight excluding hydrogens is 239 g/mol. The summed E-state index contributed by atoms with van der Waals surface area (Å²) in [6.07, 6.45) is 5.12. The van der Waals surface area contributed by atoms with Gasteiger partial charge in [-0.2, -0.15) is 0 Å². The van der Waals surface area contributed by atoms with Gasteiger partial charge in [0.2, 0.25) is 0 Å². The summed E-state index contributed by atoms with van der Waals surface area (Å²) in [5.41, 5.74) is 6.77. The van der Waals surface area contributed by atoms with Crippen molar-refractivity contribution >= 4 is 0 Å². The van der Waals surface area contributed by atoms with Crippen molar-refractivity contribution in [3.63, 3.8) is 0 Å². The maximum Gasteiger partial charge on any atom is 0.123 e. The largest absolute Gasteiger partial charge is 0.330 e. The number of hydrogen-bond acceptors (Lipinski definition) is 2. The maximum absolute atomic E-state index is 13.1. The van der Waals surface area contributed by atoms with E-state index in [1.165, 1.54) is 31.7 Å². The molecule has 0 aromatic heterocycles. The molecule has 0 aliphatic heterocycles. The Labute approximate surface area is 115 Å². The zero-order chi connectivity index (χ0) is 13.7. The van der Waals surface area contributed by atoms with Gasteiger partial charge in [-0.1, -0.05) is 12.1 Å². The highest BCUT2D eigenvalue weighted by molar-refractivity contribution is 5.16. The first-order valence-corrected chi connectivity index (χ1v) is 7.30. The fourth-order valence-corrected chi connectivity index (χ4v) is 3.10. The van der Waals surface area contributed by atoms with Crippen LogP contribution in [0.3, 0.4) is 0 Å². The van der Waals surface area contributed by atoms with E-state index in [1.54, 1.807) is 12.1 Å². The maximum atomic E-state index is 13.1. The molecule has 2 rings (SSSR count). The summed E-state index contributed by atoms with van der Waals surface area (Å²) >= 11 is 0. The molecule has 1 aromatic carbocycles. The van der Waals surface area contributed by atoms with Gasteiger partial charge in [0.05, 0.1) is 0 Å². The number of benzene rings is 1. The second-order valence-corrected chi connectivity index (χ2v) is 5.95. The van der Waals surface area contributed by atoms with Gasteiger partial charge in [-0.3, -0.25) is 0 Å². The van der Waals surface area contributed by atoms with Crippen LogP contribution in [0.25, 0.3) is 0 Å². The summed E-state index contributed by atoms with van der Waals surface area (Å²) in [7, 11) is 2.12. The first-order chi connectivity index (χ1) is 9.17. The molecule has 0 unspecified atom stereocenters. The molecule has 3 heteroatoms. The van der Waals surface area contributed by atoms with Gasteiger partial charge in [0.1, 0.15) is 5.82 Å². The van der Waals surface area contributed by atoms with Crippen molar-refractivity contribution in [3.05, 3.63) is 35.6 Å². The van der Waals surface area contributed by atoms with Crippen molar-refractivity contribution in [2.24, 2.45) is 17.6 Å². The molecule has 1 aliphatic carbocycles. The lowest BCUT2D eigenvalue weighted by atomic mass is 9.82. The Morgan fingerprint density at radius 3 is 2.53 bits per heavy atom. The SMILES string of the molecule is CN(Cc1cccc(F)c1)CC1CCC(CN)CC1. The van der Waals surface area contributed by atoms with Gasteiger partial charge in [-0.15, -0.1) is 0 Å². The van der Waals surface area contributed by atoms with Crippen molar-refractivity contribution in [1.82, 2.24) is 4.90 Å². The van der Waals surface area contributed by atoms with Crippen molar-refractivity contribution in [2.45, 2.75) is 32.2 Å². The minimum atomic E-state index is -0.144. The number of rotatable bonds is 5. The molecule has 1 aliphatic rings. The lowest BCUT2D eigenvalue weighted by molar-refractivity contribution is 0.201. The number of nitrogens with zero attached hydrogens (tertiary/aromatic N) is 1. The first kappa shape index (κ1) is 14.5. The summed E-state index contributed by atoms with van der Waals surface area (Å²) in [6, 6.07) is 6.90. The van der Waals surface area contributed by atoms with Gasteiger partial charge >= 0.3 is 0 Å². The van der Waals surface area contributed by atoms with Gasteiger partial charge in [-0.05, 0) is 68.8 Å². The standard InChI is InChI=1S/C16H25FN2/c1-19(12-15-3-2-4-16(17)9-15)11-14-7-5-13(10-18)6-8-14/h2-4,9,13-14H,5-8,10-12,18H2,1H3. The van der Waals surface area contributed by atoms with Crippen molar-refractivity contribution in [2.75, 3.05) is 20.1 Å². The zero-order valence-corrected chi connectivity index (χ0v) is 11.8. The van der Waals surface area contributed by atoms with Crippen LogP contribution in [0.5, 0.6) is 0 Å². The average molecular weight is 264 g/mol. The fraction of sp³-hybridized carbons (Fsp3) is 0.625. The van der Waals surface area contributed by atoms with E-state index in [1.807, 2.05) is 6.07 Å². The van der Waals surface area contributed by atoms with Crippen LogP contribution in [0.1, 0.15) is 31.2 Å². The second kappa shape index (κ2) is 7.01. The Hall–Kier alpha value is -0.930. The predicted molar refractivity (Wildman–Crippen MR) is 77.2 cm³/mol. The average Bonchev–Trinajstić information content (AvgIpc) is 2.39. The van der Waals surface area contributed by atoms with Crippen LogP contribution >= 0.6 is 0 Å². The quantitative estimate of drug-likeness (QED) is 0.885. The Kier molecular flexibility index (Phi) is 5.34. The summed E-state index contributed by atoms with van der Waals surface area (Å²) in [5, 5.41) is 0. The van der Waals surface area contributed by atoms with Crippen LogP contribution in [-0.2, 0) is 6.54 Å².